The fourth-order valence-corrected chi connectivity index (χ4v) is 5.35. The lowest BCUT2D eigenvalue weighted by Crippen LogP contribution is -2.46. The van der Waals surface area contributed by atoms with Crippen LogP contribution in [0.2, 0.25) is 0 Å². The van der Waals surface area contributed by atoms with Crippen LogP contribution < -0.4 is 10.6 Å². The van der Waals surface area contributed by atoms with E-state index in [1.54, 1.807) is 7.11 Å². The van der Waals surface area contributed by atoms with Crippen molar-refractivity contribution >= 4 is 41.3 Å². The summed E-state index contributed by atoms with van der Waals surface area (Å²) < 4.78 is 10.9. The first kappa shape index (κ1) is 25.8. The maximum Gasteiger partial charge on any atom is 0.191 e. The number of halogens is 1. The van der Waals surface area contributed by atoms with Gasteiger partial charge in [0.25, 0.3) is 0 Å². The van der Waals surface area contributed by atoms with E-state index in [0.717, 1.165) is 64.9 Å². The molecule has 1 aromatic rings. The first-order valence-corrected chi connectivity index (χ1v) is 12.0. The third-order valence-electron chi connectivity index (χ3n) is 6.24. The third-order valence-corrected chi connectivity index (χ3v) is 7.21. The molecule has 8 heteroatoms. The number of nitrogens with zero attached hydrogens (tertiary/aromatic N) is 2. The Labute approximate surface area is 203 Å². The molecule has 1 aliphatic heterocycles. The van der Waals surface area contributed by atoms with E-state index in [1.807, 2.05) is 11.3 Å². The molecule has 1 atom stereocenters. The Morgan fingerprint density at radius 3 is 2.70 bits per heavy atom. The summed E-state index contributed by atoms with van der Waals surface area (Å²) in [4.78, 5) is 8.95. The maximum atomic E-state index is 5.57. The highest BCUT2D eigenvalue weighted by Crippen LogP contribution is 2.41. The van der Waals surface area contributed by atoms with Gasteiger partial charge in [-0.15, -0.1) is 35.3 Å². The summed E-state index contributed by atoms with van der Waals surface area (Å²) in [6.07, 6.45) is 6.29. The van der Waals surface area contributed by atoms with Crippen LogP contribution in [0.4, 0.5) is 0 Å². The molecule has 0 bridgehead atoms. The zero-order valence-electron chi connectivity index (χ0n) is 18.5. The molecule has 0 aromatic carbocycles. The van der Waals surface area contributed by atoms with Crippen molar-refractivity contribution in [2.45, 2.75) is 45.1 Å². The SMILES string of the molecule is CCNC(=NCC1(CCOC)CCCC1)NCC(c1cccs1)N1CCOCC1.I. The molecular weight excluding hydrogens is 511 g/mol. The van der Waals surface area contributed by atoms with Crippen molar-refractivity contribution < 1.29 is 9.47 Å². The average Bonchev–Trinajstić information content (AvgIpc) is 3.44. The highest BCUT2D eigenvalue weighted by molar-refractivity contribution is 14.0. The summed E-state index contributed by atoms with van der Waals surface area (Å²) in [6, 6.07) is 4.75. The largest absolute Gasteiger partial charge is 0.385 e. The molecule has 30 heavy (non-hydrogen) atoms. The van der Waals surface area contributed by atoms with E-state index in [1.165, 1.54) is 30.6 Å². The third kappa shape index (κ3) is 7.62. The Bertz CT molecular complexity index is 602. The molecule has 1 aliphatic carbocycles. The van der Waals surface area contributed by atoms with Crippen LogP contribution in [0.3, 0.4) is 0 Å². The molecule has 1 saturated carbocycles. The zero-order valence-corrected chi connectivity index (χ0v) is 21.7. The number of hydrogen-bond donors (Lipinski definition) is 2. The van der Waals surface area contributed by atoms with Crippen LogP contribution in [0.1, 0.15) is 49.9 Å². The summed E-state index contributed by atoms with van der Waals surface area (Å²) >= 11 is 1.84. The number of morpholine rings is 1. The van der Waals surface area contributed by atoms with Gasteiger partial charge in [0.05, 0.1) is 19.3 Å². The first-order chi connectivity index (χ1) is 14.3. The molecule has 2 aliphatic rings. The van der Waals surface area contributed by atoms with E-state index in [4.69, 9.17) is 14.5 Å². The standard InChI is InChI=1S/C22H38N4O2S.HI/c1-3-23-21(25-18-22(10-13-27-2)8-4-5-9-22)24-17-19(20-7-6-16-29-20)26-11-14-28-15-12-26;/h6-7,16,19H,3-5,8-15,17-18H2,1-2H3,(H2,23,24,25);1H. The van der Waals surface area contributed by atoms with Crippen molar-refractivity contribution in [3.63, 3.8) is 0 Å². The quantitative estimate of drug-likeness (QED) is 0.263. The minimum atomic E-state index is 0. The van der Waals surface area contributed by atoms with Crippen molar-refractivity contribution in [3.8, 4) is 0 Å². The van der Waals surface area contributed by atoms with Crippen molar-refractivity contribution in [1.82, 2.24) is 15.5 Å². The monoisotopic (exact) mass is 550 g/mol. The minimum Gasteiger partial charge on any atom is -0.385 e. The molecule has 1 aromatic heterocycles. The van der Waals surface area contributed by atoms with Gasteiger partial charge < -0.3 is 20.1 Å². The number of nitrogens with one attached hydrogen (secondary N) is 2. The van der Waals surface area contributed by atoms with Crippen LogP contribution in [0, 0.1) is 5.41 Å². The van der Waals surface area contributed by atoms with Gasteiger partial charge in [0.15, 0.2) is 5.96 Å². The molecule has 2 fully saturated rings. The highest BCUT2D eigenvalue weighted by Gasteiger charge is 2.33. The number of aliphatic imine (C=N–C) groups is 1. The van der Waals surface area contributed by atoms with Crippen molar-refractivity contribution in [2.24, 2.45) is 10.4 Å². The van der Waals surface area contributed by atoms with E-state index >= 15 is 0 Å². The fraction of sp³-hybridized carbons (Fsp3) is 0.773. The Hall–Kier alpha value is -0.420. The molecule has 0 radical (unpaired) electrons. The van der Waals surface area contributed by atoms with Crippen LogP contribution >= 0.6 is 35.3 Å². The van der Waals surface area contributed by atoms with Gasteiger partial charge >= 0.3 is 0 Å². The minimum absolute atomic E-state index is 0. The van der Waals surface area contributed by atoms with Gasteiger partial charge in [0.1, 0.15) is 0 Å². The predicted octanol–water partition coefficient (Wildman–Crippen LogP) is 3.89. The molecule has 1 unspecified atom stereocenters. The smallest absolute Gasteiger partial charge is 0.191 e. The predicted molar refractivity (Wildman–Crippen MR) is 136 cm³/mol. The van der Waals surface area contributed by atoms with Gasteiger partial charge in [-0.1, -0.05) is 18.9 Å². The Balaban J connectivity index is 0.00000320. The fourth-order valence-electron chi connectivity index (χ4n) is 4.49. The number of rotatable bonds is 10. The second-order valence-electron chi connectivity index (χ2n) is 8.21. The number of guanidine groups is 1. The van der Waals surface area contributed by atoms with E-state index in [2.05, 4.69) is 40.0 Å². The second-order valence-corrected chi connectivity index (χ2v) is 9.18. The molecule has 0 amide bonds. The summed E-state index contributed by atoms with van der Waals surface area (Å²) in [6.45, 7) is 9.18. The summed E-state index contributed by atoms with van der Waals surface area (Å²) in [7, 11) is 1.80. The summed E-state index contributed by atoms with van der Waals surface area (Å²) in [5.74, 6) is 0.936. The molecule has 3 rings (SSSR count). The maximum absolute atomic E-state index is 5.57. The number of methoxy groups -OCH3 is 1. The lowest BCUT2D eigenvalue weighted by Gasteiger charge is -2.34. The van der Waals surface area contributed by atoms with E-state index in [9.17, 15) is 0 Å². The van der Waals surface area contributed by atoms with Gasteiger partial charge in [-0.25, -0.2) is 0 Å². The zero-order chi connectivity index (χ0) is 20.4. The van der Waals surface area contributed by atoms with E-state index < -0.39 is 0 Å². The first-order valence-electron chi connectivity index (χ1n) is 11.1. The van der Waals surface area contributed by atoms with Crippen molar-refractivity contribution in [3.05, 3.63) is 22.4 Å². The normalized spacial score (nSPS) is 20.5. The molecular formula is C22H39IN4O2S. The Kier molecular flexibility index (Phi) is 12.0. The molecule has 2 heterocycles. The van der Waals surface area contributed by atoms with Gasteiger partial charge in [-0.3, -0.25) is 9.89 Å². The van der Waals surface area contributed by atoms with Gasteiger partial charge in [0.2, 0.25) is 0 Å². The Morgan fingerprint density at radius 1 is 1.30 bits per heavy atom. The molecule has 2 N–H and O–H groups in total. The summed E-state index contributed by atoms with van der Waals surface area (Å²) in [5, 5.41) is 9.26. The van der Waals surface area contributed by atoms with Crippen LogP contribution in [-0.4, -0.2) is 70.5 Å². The highest BCUT2D eigenvalue weighted by atomic mass is 127. The van der Waals surface area contributed by atoms with Gasteiger partial charge in [-0.05, 0) is 43.0 Å². The van der Waals surface area contributed by atoms with Crippen LogP contribution in [0.5, 0.6) is 0 Å². The lowest BCUT2D eigenvalue weighted by molar-refractivity contribution is 0.0177. The van der Waals surface area contributed by atoms with Crippen LogP contribution in [0.15, 0.2) is 22.5 Å². The van der Waals surface area contributed by atoms with Gasteiger partial charge in [-0.2, -0.15) is 0 Å². The van der Waals surface area contributed by atoms with Crippen molar-refractivity contribution in [2.75, 3.05) is 59.7 Å². The van der Waals surface area contributed by atoms with Crippen molar-refractivity contribution in [1.29, 1.82) is 0 Å². The number of ether oxygens (including phenoxy) is 2. The number of thiophene rings is 1. The molecule has 172 valence electrons. The average molecular weight is 551 g/mol. The van der Waals surface area contributed by atoms with E-state index in [0.29, 0.717) is 11.5 Å². The van der Waals surface area contributed by atoms with Gasteiger partial charge in [0, 0.05) is 51.3 Å². The topological polar surface area (TPSA) is 58.1 Å². The Morgan fingerprint density at radius 2 is 2.07 bits per heavy atom. The number of hydrogen-bond acceptors (Lipinski definition) is 5. The van der Waals surface area contributed by atoms with E-state index in [-0.39, 0.29) is 24.0 Å². The second kappa shape index (κ2) is 13.9. The van der Waals surface area contributed by atoms with Crippen LogP contribution in [0.25, 0.3) is 0 Å². The molecule has 1 saturated heterocycles. The lowest BCUT2D eigenvalue weighted by atomic mass is 9.83. The molecule has 0 spiro atoms. The molecule has 6 nitrogen and oxygen atoms in total. The summed E-state index contributed by atoms with van der Waals surface area (Å²) in [5.41, 5.74) is 0.315. The van der Waals surface area contributed by atoms with Crippen LogP contribution in [-0.2, 0) is 9.47 Å².